The van der Waals surface area contributed by atoms with Gasteiger partial charge in [0.15, 0.2) is 0 Å². The van der Waals surface area contributed by atoms with Gasteiger partial charge < -0.3 is 24.8 Å². The standard InChI is InChI=1S/C21H25.C13H10.C9H15Si.2ClH.Zr/c1-20(2,3)16-7-9-18-14(12-16)11-15-13-17(21(4,5)6)8-10-19(15)18;1-3-7-12(8-4-1)11-13-9-5-2-6-10-13;1-8-5-6-9(7-8)10(2,3)4;;;/h7-13H,1-6H3;1-10H;6-8H,1-4H3;2*1H;/q;;;;;+2/p-2. The SMILES string of the molecule is CC1C=C([Si](C)(C)C)C=[C]1[Zr+2](=[C](c1ccccc1)c1ccccc1)[CH]1c2cc(C(C)(C)C)ccc2-c2ccc(C(C)(C)C)cc21.[Cl-].[Cl-]. The van der Waals surface area contributed by atoms with Gasteiger partial charge in [-0.1, -0.05) is 0 Å². The first kappa shape index (κ1) is 37.7. The molecule has 0 heterocycles. The Morgan fingerprint density at radius 1 is 0.617 bits per heavy atom. The van der Waals surface area contributed by atoms with E-state index in [-0.39, 0.29) is 35.6 Å². The summed E-state index contributed by atoms with van der Waals surface area (Å²) in [5.41, 5.74) is 11.9. The van der Waals surface area contributed by atoms with Crippen LogP contribution in [-0.4, -0.2) is 11.3 Å². The normalized spacial score (nSPS) is 15.7. The Hall–Kier alpha value is -2.09. The van der Waals surface area contributed by atoms with Crippen LogP contribution >= 0.6 is 0 Å². The van der Waals surface area contributed by atoms with E-state index in [1.165, 1.54) is 33.4 Å². The fourth-order valence-corrected chi connectivity index (χ4v) is 18.3. The van der Waals surface area contributed by atoms with Gasteiger partial charge in [0.2, 0.25) is 0 Å². The number of hydrogen-bond acceptors (Lipinski definition) is 0. The van der Waals surface area contributed by atoms with Gasteiger partial charge in [0, 0.05) is 0 Å². The van der Waals surface area contributed by atoms with Gasteiger partial charge in [-0.05, 0) is 0 Å². The Bertz CT molecular complexity index is 1740. The van der Waals surface area contributed by atoms with Crippen molar-refractivity contribution in [1.29, 1.82) is 0 Å². The average Bonchev–Trinajstić information content (AvgIpc) is 3.53. The number of fused-ring (bicyclic) bond motifs is 3. The summed E-state index contributed by atoms with van der Waals surface area (Å²) in [5, 5.41) is 1.63. The van der Waals surface area contributed by atoms with Crippen LogP contribution in [0, 0.1) is 5.92 Å². The van der Waals surface area contributed by atoms with Gasteiger partial charge in [-0.25, -0.2) is 0 Å². The third kappa shape index (κ3) is 7.43. The van der Waals surface area contributed by atoms with Crippen LogP contribution in [0.4, 0.5) is 0 Å². The van der Waals surface area contributed by atoms with Crippen molar-refractivity contribution in [1.82, 2.24) is 0 Å². The van der Waals surface area contributed by atoms with Crippen LogP contribution in [0.15, 0.2) is 118 Å². The summed E-state index contributed by atoms with van der Waals surface area (Å²) in [6.45, 7) is 24.2. The third-order valence-corrected chi connectivity index (χ3v) is 20.6. The smallest absolute Gasteiger partial charge is 1.00 e. The molecule has 0 aromatic heterocycles. The van der Waals surface area contributed by atoms with Gasteiger partial charge in [-0.2, -0.15) is 0 Å². The Morgan fingerprint density at radius 3 is 1.40 bits per heavy atom. The summed E-state index contributed by atoms with van der Waals surface area (Å²) in [6.07, 6.45) is 5.36. The van der Waals surface area contributed by atoms with Gasteiger partial charge >= 0.3 is 283 Å². The zero-order valence-electron chi connectivity index (χ0n) is 29.8. The Kier molecular flexibility index (Phi) is 11.3. The van der Waals surface area contributed by atoms with Crippen molar-refractivity contribution in [3.63, 3.8) is 0 Å². The zero-order valence-corrected chi connectivity index (χ0v) is 34.8. The maximum atomic E-state index is 2.72. The van der Waals surface area contributed by atoms with E-state index >= 15 is 0 Å². The molecule has 0 saturated heterocycles. The first-order valence-electron chi connectivity index (χ1n) is 16.7. The second-order valence-electron chi connectivity index (χ2n) is 16.3. The molecule has 0 N–H and O–H groups in total. The van der Waals surface area contributed by atoms with Crippen LogP contribution in [0.25, 0.3) is 11.1 Å². The van der Waals surface area contributed by atoms with E-state index in [1.54, 1.807) is 22.8 Å². The Morgan fingerprint density at radius 2 is 1.04 bits per heavy atom. The van der Waals surface area contributed by atoms with E-state index in [1.807, 2.05) is 0 Å². The fourth-order valence-electron chi connectivity index (χ4n) is 7.14. The largest absolute Gasteiger partial charge is 1.00 e. The third-order valence-electron chi connectivity index (χ3n) is 9.84. The van der Waals surface area contributed by atoms with Crippen LogP contribution in [0.2, 0.25) is 19.6 Å². The van der Waals surface area contributed by atoms with Gasteiger partial charge in [-0.3, -0.25) is 0 Å². The van der Waals surface area contributed by atoms with Crippen molar-refractivity contribution in [2.45, 2.75) is 82.6 Å². The minimum absolute atomic E-state index is 0. The summed E-state index contributed by atoms with van der Waals surface area (Å²) in [7, 11) is -1.49. The number of benzene rings is 4. The molecule has 1 unspecified atom stereocenters. The van der Waals surface area contributed by atoms with Crippen LogP contribution in [0.1, 0.15) is 85.5 Å². The number of allylic oxidation sites excluding steroid dienone is 4. The first-order valence-corrected chi connectivity index (χ1v) is 24.1. The van der Waals surface area contributed by atoms with E-state index in [9.17, 15) is 0 Å². The van der Waals surface area contributed by atoms with Gasteiger partial charge in [0.1, 0.15) is 0 Å². The minimum atomic E-state index is -2.84. The number of rotatable bonds is 5. The molecule has 4 heteroatoms. The molecule has 4 aromatic rings. The molecule has 2 aliphatic carbocycles. The molecule has 0 aliphatic heterocycles. The topological polar surface area (TPSA) is 0 Å². The van der Waals surface area contributed by atoms with Crippen LogP contribution in [-0.2, 0) is 32.1 Å². The van der Waals surface area contributed by atoms with Crippen molar-refractivity contribution < 1.29 is 46.1 Å². The average molecular weight is 757 g/mol. The quantitative estimate of drug-likeness (QED) is 0.234. The van der Waals surface area contributed by atoms with E-state index in [2.05, 4.69) is 177 Å². The van der Waals surface area contributed by atoms with Crippen molar-refractivity contribution >= 4 is 11.3 Å². The van der Waals surface area contributed by atoms with Gasteiger partial charge in [-0.15, -0.1) is 0 Å². The molecule has 0 radical (unpaired) electrons. The molecular formula is C43H50Cl2SiZr. The summed E-state index contributed by atoms with van der Waals surface area (Å²) >= 11 is -2.84. The predicted molar refractivity (Wildman–Crippen MR) is 196 cm³/mol. The summed E-state index contributed by atoms with van der Waals surface area (Å²) in [5.74, 6) is 0.465. The van der Waals surface area contributed by atoms with Crippen LogP contribution in [0.3, 0.4) is 0 Å². The predicted octanol–water partition coefficient (Wildman–Crippen LogP) is 5.58. The van der Waals surface area contributed by atoms with Crippen molar-refractivity contribution in [3.8, 4) is 11.1 Å². The molecule has 0 saturated carbocycles. The molecule has 2 aliphatic rings. The van der Waals surface area contributed by atoms with Crippen molar-refractivity contribution in [2.75, 3.05) is 0 Å². The molecule has 0 amide bonds. The Balaban J connectivity index is 0.00000250. The van der Waals surface area contributed by atoms with Gasteiger partial charge in [0.05, 0.1) is 0 Å². The summed E-state index contributed by atoms with van der Waals surface area (Å²) < 4.78 is 3.79. The Labute approximate surface area is 305 Å². The minimum Gasteiger partial charge on any atom is -1.00 e. The molecule has 4 aromatic carbocycles. The van der Waals surface area contributed by atoms with Crippen molar-refractivity contribution in [3.05, 3.63) is 151 Å². The number of hydrogen-bond donors (Lipinski definition) is 0. The summed E-state index contributed by atoms with van der Waals surface area (Å²) in [4.78, 5) is 0. The second-order valence-corrected chi connectivity index (χ2v) is 27.5. The fraction of sp³-hybridized carbons (Fsp3) is 0.326. The van der Waals surface area contributed by atoms with Crippen molar-refractivity contribution in [2.24, 2.45) is 5.92 Å². The van der Waals surface area contributed by atoms with E-state index < -0.39 is 29.3 Å². The second kappa shape index (κ2) is 14.0. The van der Waals surface area contributed by atoms with Crippen LogP contribution < -0.4 is 24.8 Å². The molecule has 244 valence electrons. The molecule has 0 nitrogen and oxygen atoms in total. The molecule has 0 spiro atoms. The van der Waals surface area contributed by atoms with Crippen LogP contribution in [0.5, 0.6) is 0 Å². The van der Waals surface area contributed by atoms with Gasteiger partial charge in [0.25, 0.3) is 0 Å². The molecular weight excluding hydrogens is 707 g/mol. The van der Waals surface area contributed by atoms with E-state index in [0.717, 1.165) is 0 Å². The maximum Gasteiger partial charge on any atom is -1.00 e. The zero-order chi connectivity index (χ0) is 32.3. The molecule has 0 fully saturated rings. The monoisotopic (exact) mass is 754 g/mol. The summed E-state index contributed by atoms with van der Waals surface area (Å²) in [6, 6.07) is 37.7. The molecule has 0 bridgehead atoms. The molecule has 6 rings (SSSR count). The first-order chi connectivity index (χ1) is 21.1. The maximum absolute atomic E-state index is 2.84. The van der Waals surface area contributed by atoms with E-state index in [0.29, 0.717) is 9.54 Å². The van der Waals surface area contributed by atoms with E-state index in [4.69, 9.17) is 0 Å². The number of halogens is 2. The molecule has 1 atom stereocenters. The molecule has 47 heavy (non-hydrogen) atoms.